The van der Waals surface area contributed by atoms with Gasteiger partial charge in [-0.15, -0.1) is 0 Å². The largest absolute Gasteiger partial charge is 0.395 e. The Morgan fingerprint density at radius 2 is 2.13 bits per heavy atom. The summed E-state index contributed by atoms with van der Waals surface area (Å²) in [5.41, 5.74) is 0.904. The molecule has 0 saturated heterocycles. The molecule has 0 amide bonds. The van der Waals surface area contributed by atoms with Crippen molar-refractivity contribution in [2.24, 2.45) is 0 Å². The monoisotopic (exact) mass is 231 g/mol. The molecule has 2 unspecified atom stereocenters. The predicted octanol–water partition coefficient (Wildman–Crippen LogP) is 2.51. The third kappa shape index (κ3) is 3.45. The van der Waals surface area contributed by atoms with Gasteiger partial charge in [0, 0.05) is 12.1 Å². The summed E-state index contributed by atoms with van der Waals surface area (Å²) < 4.78 is 12.9. The summed E-state index contributed by atoms with van der Waals surface area (Å²) in [5, 5.41) is 12.2. The summed E-state index contributed by atoms with van der Waals surface area (Å²) >= 11 is 5.68. The van der Waals surface area contributed by atoms with Crippen LogP contribution in [0.25, 0.3) is 0 Å². The van der Waals surface area contributed by atoms with Crippen LogP contribution in [0, 0.1) is 5.82 Å². The molecule has 1 aromatic carbocycles. The second-order valence-electron chi connectivity index (χ2n) is 3.65. The molecular weight excluding hydrogens is 217 g/mol. The van der Waals surface area contributed by atoms with E-state index < -0.39 is 5.82 Å². The summed E-state index contributed by atoms with van der Waals surface area (Å²) in [4.78, 5) is 0. The van der Waals surface area contributed by atoms with Crippen LogP contribution in [0.15, 0.2) is 18.2 Å². The average Bonchev–Trinajstić information content (AvgIpc) is 2.21. The van der Waals surface area contributed by atoms with Crippen LogP contribution in [0.4, 0.5) is 4.39 Å². The molecule has 2 nitrogen and oxygen atoms in total. The van der Waals surface area contributed by atoms with Crippen molar-refractivity contribution in [1.82, 2.24) is 5.32 Å². The van der Waals surface area contributed by atoms with E-state index in [1.807, 2.05) is 13.8 Å². The van der Waals surface area contributed by atoms with E-state index in [-0.39, 0.29) is 23.7 Å². The van der Waals surface area contributed by atoms with Crippen molar-refractivity contribution in [3.63, 3.8) is 0 Å². The molecule has 0 heterocycles. The molecule has 4 heteroatoms. The van der Waals surface area contributed by atoms with E-state index in [1.54, 1.807) is 12.1 Å². The SMILES string of the molecule is CC(CO)NC(C)c1ccc(F)c(Cl)c1. The van der Waals surface area contributed by atoms with E-state index >= 15 is 0 Å². The highest BCUT2D eigenvalue weighted by Crippen LogP contribution is 2.20. The van der Waals surface area contributed by atoms with Gasteiger partial charge in [0.2, 0.25) is 0 Å². The van der Waals surface area contributed by atoms with Gasteiger partial charge in [-0.1, -0.05) is 17.7 Å². The van der Waals surface area contributed by atoms with E-state index in [2.05, 4.69) is 5.32 Å². The lowest BCUT2D eigenvalue weighted by atomic mass is 10.1. The quantitative estimate of drug-likeness (QED) is 0.835. The number of nitrogens with one attached hydrogen (secondary N) is 1. The Bertz CT molecular complexity index is 332. The first-order valence-corrected chi connectivity index (χ1v) is 5.24. The highest BCUT2D eigenvalue weighted by molar-refractivity contribution is 6.30. The fourth-order valence-corrected chi connectivity index (χ4v) is 1.55. The van der Waals surface area contributed by atoms with Gasteiger partial charge in [-0.2, -0.15) is 0 Å². The Labute approximate surface area is 94.1 Å². The van der Waals surface area contributed by atoms with Crippen LogP contribution < -0.4 is 5.32 Å². The highest BCUT2D eigenvalue weighted by atomic mass is 35.5. The standard InChI is InChI=1S/C11H15ClFNO/c1-7(6-15)14-8(2)9-3-4-11(13)10(12)5-9/h3-5,7-8,14-15H,6H2,1-2H3. The molecule has 0 fully saturated rings. The van der Waals surface area contributed by atoms with Crippen LogP contribution in [-0.4, -0.2) is 17.8 Å². The number of hydrogen-bond donors (Lipinski definition) is 2. The third-order valence-electron chi connectivity index (χ3n) is 2.25. The maximum absolute atomic E-state index is 12.9. The fraction of sp³-hybridized carbons (Fsp3) is 0.455. The number of hydrogen-bond acceptors (Lipinski definition) is 2. The van der Waals surface area contributed by atoms with Crippen molar-refractivity contribution in [3.8, 4) is 0 Å². The summed E-state index contributed by atoms with van der Waals surface area (Å²) in [5.74, 6) is -0.414. The zero-order chi connectivity index (χ0) is 11.4. The minimum Gasteiger partial charge on any atom is -0.395 e. The number of rotatable bonds is 4. The third-order valence-corrected chi connectivity index (χ3v) is 2.54. The van der Waals surface area contributed by atoms with Crippen LogP contribution >= 0.6 is 11.6 Å². The van der Waals surface area contributed by atoms with Crippen molar-refractivity contribution in [2.75, 3.05) is 6.61 Å². The normalized spacial score (nSPS) is 15.0. The lowest BCUT2D eigenvalue weighted by Gasteiger charge is -2.18. The van der Waals surface area contributed by atoms with E-state index in [9.17, 15) is 4.39 Å². The molecule has 0 radical (unpaired) electrons. The summed E-state index contributed by atoms with van der Waals surface area (Å²) in [7, 11) is 0. The highest BCUT2D eigenvalue weighted by Gasteiger charge is 2.10. The van der Waals surface area contributed by atoms with Gasteiger partial charge < -0.3 is 10.4 Å². The smallest absolute Gasteiger partial charge is 0.141 e. The molecule has 0 saturated carbocycles. The minimum atomic E-state index is -0.414. The number of halogens is 2. The number of aliphatic hydroxyl groups excluding tert-OH is 1. The Morgan fingerprint density at radius 3 is 2.67 bits per heavy atom. The van der Waals surface area contributed by atoms with Gasteiger partial charge in [0.15, 0.2) is 0 Å². The molecule has 0 spiro atoms. The first kappa shape index (κ1) is 12.4. The first-order chi connectivity index (χ1) is 7.04. The van der Waals surface area contributed by atoms with Crippen molar-refractivity contribution < 1.29 is 9.50 Å². The van der Waals surface area contributed by atoms with Crippen LogP contribution in [-0.2, 0) is 0 Å². The van der Waals surface area contributed by atoms with Crippen LogP contribution in [0.2, 0.25) is 5.02 Å². The fourth-order valence-electron chi connectivity index (χ4n) is 1.36. The Hall–Kier alpha value is -0.640. The van der Waals surface area contributed by atoms with Gasteiger partial charge in [0.25, 0.3) is 0 Å². The van der Waals surface area contributed by atoms with Crippen molar-refractivity contribution in [3.05, 3.63) is 34.6 Å². The van der Waals surface area contributed by atoms with E-state index in [0.717, 1.165) is 5.56 Å². The van der Waals surface area contributed by atoms with E-state index in [1.165, 1.54) is 6.07 Å². The molecule has 0 aromatic heterocycles. The van der Waals surface area contributed by atoms with Gasteiger partial charge in [-0.3, -0.25) is 0 Å². The van der Waals surface area contributed by atoms with Crippen molar-refractivity contribution >= 4 is 11.6 Å². The molecule has 15 heavy (non-hydrogen) atoms. The van der Waals surface area contributed by atoms with Crippen LogP contribution in [0.1, 0.15) is 25.5 Å². The Kier molecular flexibility index (Phi) is 4.51. The zero-order valence-electron chi connectivity index (χ0n) is 8.80. The summed E-state index contributed by atoms with van der Waals surface area (Å²) in [6.45, 7) is 3.89. The molecule has 1 aromatic rings. The average molecular weight is 232 g/mol. The number of aliphatic hydroxyl groups is 1. The first-order valence-electron chi connectivity index (χ1n) is 4.86. The van der Waals surface area contributed by atoms with Gasteiger partial charge in [0.1, 0.15) is 5.82 Å². The second kappa shape index (κ2) is 5.45. The maximum Gasteiger partial charge on any atom is 0.141 e. The van der Waals surface area contributed by atoms with Gasteiger partial charge in [-0.25, -0.2) is 4.39 Å². The predicted molar refractivity (Wildman–Crippen MR) is 59.5 cm³/mol. The zero-order valence-corrected chi connectivity index (χ0v) is 9.55. The molecule has 84 valence electrons. The van der Waals surface area contributed by atoms with Crippen molar-refractivity contribution in [2.45, 2.75) is 25.9 Å². The molecule has 0 bridgehead atoms. The molecule has 0 aliphatic heterocycles. The van der Waals surface area contributed by atoms with Crippen molar-refractivity contribution in [1.29, 1.82) is 0 Å². The molecule has 0 aliphatic carbocycles. The number of benzene rings is 1. The second-order valence-corrected chi connectivity index (χ2v) is 4.05. The summed E-state index contributed by atoms with van der Waals surface area (Å²) in [6.07, 6.45) is 0. The molecule has 1 rings (SSSR count). The van der Waals surface area contributed by atoms with Crippen LogP contribution in [0.5, 0.6) is 0 Å². The van der Waals surface area contributed by atoms with Gasteiger partial charge in [-0.05, 0) is 31.5 Å². The van der Waals surface area contributed by atoms with E-state index in [4.69, 9.17) is 16.7 Å². The van der Waals surface area contributed by atoms with Crippen LogP contribution in [0.3, 0.4) is 0 Å². The topological polar surface area (TPSA) is 32.3 Å². The Morgan fingerprint density at radius 1 is 1.47 bits per heavy atom. The van der Waals surface area contributed by atoms with Gasteiger partial charge in [0.05, 0.1) is 11.6 Å². The van der Waals surface area contributed by atoms with E-state index in [0.29, 0.717) is 0 Å². The van der Waals surface area contributed by atoms with Gasteiger partial charge >= 0.3 is 0 Å². The summed E-state index contributed by atoms with van der Waals surface area (Å²) in [6, 6.07) is 4.66. The lowest BCUT2D eigenvalue weighted by molar-refractivity contribution is 0.243. The maximum atomic E-state index is 12.9. The lowest BCUT2D eigenvalue weighted by Crippen LogP contribution is -2.31. The molecule has 2 atom stereocenters. The minimum absolute atomic E-state index is 0.00354. The molecular formula is C11H15ClFNO. The molecule has 2 N–H and O–H groups in total. The Balaban J connectivity index is 2.73. The molecule has 0 aliphatic rings.